The van der Waals surface area contributed by atoms with Gasteiger partial charge in [-0.25, -0.2) is 8.87 Å². The van der Waals surface area contributed by atoms with Crippen molar-refractivity contribution < 1.29 is 19.1 Å². The molecule has 0 bridgehead atoms. The number of rotatable bonds is 8. The average molecular weight is 570 g/mol. The highest BCUT2D eigenvalue weighted by molar-refractivity contribution is 7.97. The fourth-order valence-electron chi connectivity index (χ4n) is 4.58. The number of ketones is 1. The monoisotopic (exact) mass is 569 g/mol. The van der Waals surface area contributed by atoms with Crippen molar-refractivity contribution in [3.05, 3.63) is 91.8 Å². The minimum absolute atomic E-state index is 0.0544. The Morgan fingerprint density at radius 1 is 1.00 bits per heavy atom. The SMILES string of the molecule is CCc1c(N=Nc2ccc(C(=O)c3ccccc3)c3c2C(=O)N(SC)C3=O)c(OC)n(C(C)=C(C)C)c(=O)c1C#N. The van der Waals surface area contributed by atoms with Crippen LogP contribution in [0.2, 0.25) is 0 Å². The Morgan fingerprint density at radius 3 is 2.22 bits per heavy atom. The lowest BCUT2D eigenvalue weighted by molar-refractivity contribution is 0.0775. The van der Waals surface area contributed by atoms with Crippen molar-refractivity contribution in [1.29, 1.82) is 5.26 Å². The van der Waals surface area contributed by atoms with Crippen LogP contribution in [-0.4, -0.2) is 39.8 Å². The zero-order valence-corrected chi connectivity index (χ0v) is 24.3. The molecule has 0 unspecified atom stereocenters. The number of imide groups is 1. The van der Waals surface area contributed by atoms with Crippen molar-refractivity contribution in [3.8, 4) is 11.9 Å². The van der Waals surface area contributed by atoms with Gasteiger partial charge in [0.1, 0.15) is 11.6 Å². The number of benzene rings is 2. The number of nitrogens with zero attached hydrogens (tertiary/aromatic N) is 5. The number of hydrogen-bond donors (Lipinski definition) is 0. The van der Waals surface area contributed by atoms with E-state index in [1.807, 2.05) is 19.9 Å². The lowest BCUT2D eigenvalue weighted by Gasteiger charge is -2.18. The molecule has 0 saturated heterocycles. The van der Waals surface area contributed by atoms with Crippen molar-refractivity contribution in [2.75, 3.05) is 13.4 Å². The van der Waals surface area contributed by atoms with Crippen LogP contribution in [0.15, 0.2) is 63.1 Å². The Labute approximate surface area is 241 Å². The number of allylic oxidation sites excluding steroid dienone is 2. The van der Waals surface area contributed by atoms with Gasteiger partial charge in [-0.15, -0.1) is 10.2 Å². The number of pyridine rings is 1. The van der Waals surface area contributed by atoms with E-state index in [0.717, 1.165) is 21.8 Å². The summed E-state index contributed by atoms with van der Waals surface area (Å²) in [6, 6.07) is 13.3. The minimum Gasteiger partial charge on any atom is -0.480 e. The summed E-state index contributed by atoms with van der Waals surface area (Å²) in [6.07, 6.45) is 1.86. The molecule has 2 heterocycles. The molecule has 1 aliphatic heterocycles. The van der Waals surface area contributed by atoms with Gasteiger partial charge in [0, 0.05) is 28.6 Å². The van der Waals surface area contributed by atoms with Gasteiger partial charge < -0.3 is 4.74 Å². The van der Waals surface area contributed by atoms with E-state index in [-0.39, 0.29) is 45.9 Å². The normalized spacial score (nSPS) is 12.5. The fourth-order valence-corrected chi connectivity index (χ4v) is 5.09. The number of amides is 2. The first-order chi connectivity index (χ1) is 19.6. The molecule has 0 fully saturated rings. The summed E-state index contributed by atoms with van der Waals surface area (Å²) in [7, 11) is 1.38. The lowest BCUT2D eigenvalue weighted by atomic mass is 9.94. The molecular formula is C30H27N5O5S. The van der Waals surface area contributed by atoms with E-state index in [1.165, 1.54) is 23.8 Å². The Kier molecular flexibility index (Phi) is 8.35. The van der Waals surface area contributed by atoms with Crippen molar-refractivity contribution in [2.45, 2.75) is 34.1 Å². The van der Waals surface area contributed by atoms with Crippen LogP contribution in [0, 0.1) is 11.3 Å². The van der Waals surface area contributed by atoms with E-state index in [0.29, 0.717) is 16.8 Å². The van der Waals surface area contributed by atoms with Crippen molar-refractivity contribution in [3.63, 3.8) is 0 Å². The topological polar surface area (TPSA) is 134 Å². The standard InChI is InChI=1S/C30H27N5O5S/c1-7-19-21(15-31)27(37)34(17(4)16(2)3)30(40-5)25(19)33-32-22-14-13-20(26(36)18-11-9-8-10-12-18)23-24(22)29(39)35(41-6)28(23)38/h8-14H,7H2,1-6H3. The molecule has 10 nitrogen and oxygen atoms in total. The highest BCUT2D eigenvalue weighted by atomic mass is 32.2. The predicted octanol–water partition coefficient (Wildman–Crippen LogP) is 6.08. The van der Waals surface area contributed by atoms with Crippen LogP contribution in [0.1, 0.15) is 75.5 Å². The third-order valence-corrected chi connectivity index (χ3v) is 7.53. The van der Waals surface area contributed by atoms with Gasteiger partial charge in [-0.1, -0.05) is 42.8 Å². The predicted molar refractivity (Wildman–Crippen MR) is 156 cm³/mol. The smallest absolute Gasteiger partial charge is 0.275 e. The van der Waals surface area contributed by atoms with E-state index in [2.05, 4.69) is 10.2 Å². The average Bonchev–Trinajstić information content (AvgIpc) is 3.24. The minimum atomic E-state index is -0.625. The molecule has 2 amide bonds. The molecule has 0 spiro atoms. The quantitative estimate of drug-likeness (QED) is 0.139. The van der Waals surface area contributed by atoms with Gasteiger partial charge in [0.15, 0.2) is 11.5 Å². The molecule has 0 aliphatic carbocycles. The molecule has 208 valence electrons. The summed E-state index contributed by atoms with van der Waals surface area (Å²) >= 11 is 0.923. The van der Waals surface area contributed by atoms with Crippen molar-refractivity contribution >= 4 is 46.6 Å². The molecular weight excluding hydrogens is 542 g/mol. The summed E-state index contributed by atoms with van der Waals surface area (Å²) in [5.41, 5.74) is 1.59. The molecule has 41 heavy (non-hydrogen) atoms. The Bertz CT molecular complexity index is 1760. The van der Waals surface area contributed by atoms with Crippen LogP contribution >= 0.6 is 11.9 Å². The lowest BCUT2D eigenvalue weighted by Crippen LogP contribution is -2.25. The third kappa shape index (κ3) is 4.87. The molecule has 3 aromatic rings. The maximum atomic E-state index is 13.3. The van der Waals surface area contributed by atoms with Gasteiger partial charge >= 0.3 is 0 Å². The number of carbonyl (C=O) groups excluding carboxylic acids is 3. The molecule has 4 rings (SSSR count). The second-order valence-electron chi connectivity index (χ2n) is 9.27. The number of fused-ring (bicyclic) bond motifs is 1. The Balaban J connectivity index is 1.99. The number of hydrogen-bond acceptors (Lipinski definition) is 9. The van der Waals surface area contributed by atoms with Crippen molar-refractivity contribution in [2.24, 2.45) is 10.2 Å². The maximum absolute atomic E-state index is 13.3. The largest absolute Gasteiger partial charge is 0.480 e. The zero-order valence-electron chi connectivity index (χ0n) is 23.4. The molecule has 1 aliphatic rings. The van der Waals surface area contributed by atoms with E-state index in [9.17, 15) is 24.4 Å². The summed E-state index contributed by atoms with van der Waals surface area (Å²) in [6.45, 7) is 7.14. The highest BCUT2D eigenvalue weighted by Gasteiger charge is 2.41. The van der Waals surface area contributed by atoms with E-state index < -0.39 is 23.2 Å². The van der Waals surface area contributed by atoms with E-state index >= 15 is 0 Å². The van der Waals surface area contributed by atoms with Crippen LogP contribution in [-0.2, 0) is 6.42 Å². The molecule has 0 N–H and O–H groups in total. The number of azo groups is 1. The number of carbonyl (C=O) groups is 3. The maximum Gasteiger partial charge on any atom is 0.275 e. The van der Waals surface area contributed by atoms with Gasteiger partial charge in [0.05, 0.1) is 23.9 Å². The highest BCUT2D eigenvalue weighted by Crippen LogP contribution is 2.40. The second kappa shape index (κ2) is 11.7. The molecule has 1 aromatic heterocycles. The zero-order chi connectivity index (χ0) is 30.0. The third-order valence-electron chi connectivity index (χ3n) is 6.83. The Hall–Kier alpha value is -4.82. The van der Waals surface area contributed by atoms with E-state index in [1.54, 1.807) is 50.4 Å². The number of nitriles is 1. The van der Waals surface area contributed by atoms with Crippen LogP contribution in [0.4, 0.5) is 11.4 Å². The summed E-state index contributed by atoms with van der Waals surface area (Å²) in [4.78, 5) is 53.3. The molecule has 11 heteroatoms. The molecule has 0 atom stereocenters. The van der Waals surface area contributed by atoms with Crippen LogP contribution in [0.5, 0.6) is 5.88 Å². The molecule has 2 aromatic carbocycles. The first kappa shape index (κ1) is 29.2. The van der Waals surface area contributed by atoms with Gasteiger partial charge in [-0.3, -0.25) is 19.2 Å². The van der Waals surface area contributed by atoms with Crippen molar-refractivity contribution in [1.82, 2.24) is 8.87 Å². The van der Waals surface area contributed by atoms with Gasteiger partial charge in [-0.2, -0.15) is 5.26 Å². The van der Waals surface area contributed by atoms with Crippen LogP contribution in [0.25, 0.3) is 5.70 Å². The first-order valence-corrected chi connectivity index (χ1v) is 13.8. The van der Waals surface area contributed by atoms with Gasteiger partial charge in [-0.05, 0) is 51.3 Å². The summed E-state index contributed by atoms with van der Waals surface area (Å²) < 4.78 is 7.86. The summed E-state index contributed by atoms with van der Waals surface area (Å²) in [5.74, 6) is -1.58. The number of methoxy groups -OCH3 is 1. The number of aromatic nitrogens is 1. The first-order valence-electron chi connectivity index (χ1n) is 12.6. The molecule has 0 radical (unpaired) electrons. The van der Waals surface area contributed by atoms with Crippen LogP contribution < -0.4 is 10.3 Å². The Morgan fingerprint density at radius 2 is 1.66 bits per heavy atom. The fraction of sp³-hybridized carbons (Fsp3) is 0.233. The summed E-state index contributed by atoms with van der Waals surface area (Å²) in [5, 5.41) is 18.6. The van der Waals surface area contributed by atoms with Crippen LogP contribution in [0.3, 0.4) is 0 Å². The van der Waals surface area contributed by atoms with E-state index in [4.69, 9.17) is 4.74 Å². The molecule has 0 saturated carbocycles. The number of ether oxygens (including phenoxy) is 1. The second-order valence-corrected chi connectivity index (χ2v) is 10.00. The van der Waals surface area contributed by atoms with Gasteiger partial charge in [0.25, 0.3) is 17.4 Å². The van der Waals surface area contributed by atoms with Gasteiger partial charge in [0.2, 0.25) is 5.88 Å².